The Bertz CT molecular complexity index is 466. The Morgan fingerprint density at radius 2 is 2.00 bits per heavy atom. The monoisotopic (exact) mass is 206 g/mol. The second-order valence-corrected chi connectivity index (χ2v) is 5.59. The first-order valence-electron chi connectivity index (χ1n) is 4.70. The molecule has 0 N–H and O–H groups in total. The minimum Gasteiger partial charge on any atom is -0.260 e. The maximum absolute atomic E-state index is 4.62. The van der Waals surface area contributed by atoms with Gasteiger partial charge in [0.2, 0.25) is 0 Å². The molecule has 0 fully saturated rings. The van der Waals surface area contributed by atoms with Gasteiger partial charge < -0.3 is 0 Å². The van der Waals surface area contributed by atoms with Crippen LogP contribution in [-0.4, -0.2) is 9.97 Å². The van der Waals surface area contributed by atoms with E-state index in [9.17, 15) is 0 Å². The van der Waals surface area contributed by atoms with E-state index in [1.54, 1.807) is 11.3 Å². The third-order valence-corrected chi connectivity index (χ3v) is 3.49. The van der Waals surface area contributed by atoms with Gasteiger partial charge in [-0.1, -0.05) is 20.8 Å². The minimum absolute atomic E-state index is 0.136. The van der Waals surface area contributed by atoms with Gasteiger partial charge >= 0.3 is 0 Å². The van der Waals surface area contributed by atoms with Gasteiger partial charge in [0.1, 0.15) is 0 Å². The third-order valence-electron chi connectivity index (χ3n) is 2.05. The van der Waals surface area contributed by atoms with Gasteiger partial charge in [0.15, 0.2) is 0 Å². The molecule has 2 aromatic rings. The number of hydrogen-bond donors (Lipinski definition) is 0. The molecule has 0 aliphatic heterocycles. The van der Waals surface area contributed by atoms with Crippen molar-refractivity contribution in [2.24, 2.45) is 0 Å². The average molecular weight is 206 g/mol. The zero-order valence-electron chi connectivity index (χ0n) is 8.96. The Kier molecular flexibility index (Phi) is 2.07. The van der Waals surface area contributed by atoms with Gasteiger partial charge in [-0.15, -0.1) is 11.3 Å². The van der Waals surface area contributed by atoms with E-state index >= 15 is 0 Å². The summed E-state index contributed by atoms with van der Waals surface area (Å²) in [7, 11) is 0. The molecular formula is C11H14N2S. The molecule has 14 heavy (non-hydrogen) atoms. The van der Waals surface area contributed by atoms with Gasteiger partial charge in [-0.3, -0.25) is 4.98 Å². The van der Waals surface area contributed by atoms with Gasteiger partial charge in [-0.05, 0) is 13.0 Å². The molecule has 2 rings (SSSR count). The summed E-state index contributed by atoms with van der Waals surface area (Å²) in [5.74, 6) is 0. The Morgan fingerprint density at radius 1 is 1.29 bits per heavy atom. The van der Waals surface area contributed by atoms with Crippen LogP contribution in [0.3, 0.4) is 0 Å². The number of thiazole rings is 1. The van der Waals surface area contributed by atoms with E-state index in [2.05, 4.69) is 30.7 Å². The number of nitrogens with zero attached hydrogens (tertiary/aromatic N) is 2. The first-order chi connectivity index (χ1) is 6.47. The molecule has 0 spiro atoms. The zero-order chi connectivity index (χ0) is 10.3. The summed E-state index contributed by atoms with van der Waals surface area (Å²) >= 11 is 1.74. The van der Waals surface area contributed by atoms with Crippen molar-refractivity contribution in [3.63, 3.8) is 0 Å². The van der Waals surface area contributed by atoms with Crippen LogP contribution in [0.5, 0.6) is 0 Å². The van der Waals surface area contributed by atoms with Gasteiger partial charge in [-0.25, -0.2) is 4.98 Å². The number of pyridine rings is 1. The van der Waals surface area contributed by atoms with E-state index in [0.717, 1.165) is 11.2 Å². The number of aromatic nitrogens is 2. The van der Waals surface area contributed by atoms with Crippen LogP contribution in [0.4, 0.5) is 0 Å². The highest BCUT2D eigenvalue weighted by molar-refractivity contribution is 7.18. The zero-order valence-corrected chi connectivity index (χ0v) is 9.77. The minimum atomic E-state index is 0.136. The van der Waals surface area contributed by atoms with Gasteiger partial charge in [-0.2, -0.15) is 0 Å². The van der Waals surface area contributed by atoms with Crippen molar-refractivity contribution < 1.29 is 0 Å². The fourth-order valence-electron chi connectivity index (χ4n) is 1.26. The van der Waals surface area contributed by atoms with Crippen LogP contribution in [0.2, 0.25) is 0 Å². The summed E-state index contributed by atoms with van der Waals surface area (Å²) in [5.41, 5.74) is 2.24. The van der Waals surface area contributed by atoms with Crippen molar-refractivity contribution >= 4 is 21.6 Å². The molecule has 3 heteroatoms. The van der Waals surface area contributed by atoms with Crippen LogP contribution < -0.4 is 0 Å². The van der Waals surface area contributed by atoms with Crippen molar-refractivity contribution in [3.05, 3.63) is 23.0 Å². The Hall–Kier alpha value is -0.960. The molecule has 0 atom stereocenters. The smallest absolute Gasteiger partial charge is 0.0992 e. The largest absolute Gasteiger partial charge is 0.260 e. The van der Waals surface area contributed by atoms with Crippen molar-refractivity contribution in [2.75, 3.05) is 0 Å². The first kappa shape index (κ1) is 9.59. The molecular weight excluding hydrogens is 192 g/mol. The fraction of sp³-hybridized carbons (Fsp3) is 0.455. The summed E-state index contributed by atoms with van der Waals surface area (Å²) in [4.78, 5) is 8.90. The summed E-state index contributed by atoms with van der Waals surface area (Å²) < 4.78 is 1.18. The standard InChI is InChI=1S/C11H14N2S/c1-7-5-8-9(6-12-7)14-10(13-8)11(2,3)4/h5-6H,1-4H3. The quantitative estimate of drug-likeness (QED) is 0.661. The average Bonchev–Trinajstić information content (AvgIpc) is 2.45. The molecule has 0 radical (unpaired) electrons. The van der Waals surface area contributed by atoms with Crippen molar-refractivity contribution in [1.82, 2.24) is 9.97 Å². The Labute approximate surface area is 88.0 Å². The summed E-state index contributed by atoms with van der Waals surface area (Å²) in [6, 6.07) is 2.04. The Balaban J connectivity index is 2.63. The van der Waals surface area contributed by atoms with Crippen LogP contribution in [0.25, 0.3) is 10.2 Å². The van der Waals surface area contributed by atoms with Crippen LogP contribution in [0.1, 0.15) is 31.5 Å². The molecule has 0 saturated carbocycles. The third kappa shape index (κ3) is 1.64. The SMILES string of the molecule is Cc1cc2nc(C(C)(C)C)sc2cn1. The summed E-state index contributed by atoms with van der Waals surface area (Å²) in [6.07, 6.45) is 1.91. The van der Waals surface area contributed by atoms with E-state index in [1.165, 1.54) is 9.71 Å². The van der Waals surface area contributed by atoms with Crippen LogP contribution in [0, 0.1) is 6.92 Å². The van der Waals surface area contributed by atoms with Gasteiger partial charge in [0.25, 0.3) is 0 Å². The maximum Gasteiger partial charge on any atom is 0.0992 e. The van der Waals surface area contributed by atoms with Gasteiger partial charge in [0.05, 0.1) is 15.2 Å². The topological polar surface area (TPSA) is 25.8 Å². The van der Waals surface area contributed by atoms with Crippen molar-refractivity contribution in [3.8, 4) is 0 Å². The van der Waals surface area contributed by atoms with E-state index in [4.69, 9.17) is 0 Å². The lowest BCUT2D eigenvalue weighted by Gasteiger charge is -2.13. The second-order valence-electron chi connectivity index (χ2n) is 4.56. The summed E-state index contributed by atoms with van der Waals surface area (Å²) in [5, 5.41) is 1.18. The Morgan fingerprint density at radius 3 is 2.64 bits per heavy atom. The number of hydrogen-bond acceptors (Lipinski definition) is 3. The molecule has 0 aliphatic rings. The predicted molar refractivity (Wildman–Crippen MR) is 60.9 cm³/mol. The van der Waals surface area contributed by atoms with Crippen molar-refractivity contribution in [2.45, 2.75) is 33.1 Å². The van der Waals surface area contributed by atoms with Crippen molar-refractivity contribution in [1.29, 1.82) is 0 Å². The second kappa shape index (κ2) is 3.02. The lowest BCUT2D eigenvalue weighted by molar-refractivity contribution is 0.587. The number of rotatable bonds is 0. The van der Waals surface area contributed by atoms with Gasteiger partial charge in [0, 0.05) is 17.3 Å². The summed E-state index contributed by atoms with van der Waals surface area (Å²) in [6.45, 7) is 8.55. The molecule has 2 heterocycles. The number of fused-ring (bicyclic) bond motifs is 1. The fourth-order valence-corrected chi connectivity index (χ4v) is 2.23. The van der Waals surface area contributed by atoms with E-state index in [-0.39, 0.29) is 5.41 Å². The lowest BCUT2D eigenvalue weighted by atomic mass is 9.98. The first-order valence-corrected chi connectivity index (χ1v) is 5.52. The lowest BCUT2D eigenvalue weighted by Crippen LogP contribution is -2.09. The molecule has 0 aromatic carbocycles. The molecule has 0 amide bonds. The van der Waals surface area contributed by atoms with Crippen LogP contribution in [0.15, 0.2) is 12.3 Å². The normalized spacial score (nSPS) is 12.3. The van der Waals surface area contributed by atoms with Crippen LogP contribution >= 0.6 is 11.3 Å². The maximum atomic E-state index is 4.62. The molecule has 2 aromatic heterocycles. The van der Waals surface area contributed by atoms with E-state index < -0.39 is 0 Å². The molecule has 0 unspecified atom stereocenters. The number of aryl methyl sites for hydroxylation is 1. The molecule has 0 aliphatic carbocycles. The van der Waals surface area contributed by atoms with E-state index in [0.29, 0.717) is 0 Å². The highest BCUT2D eigenvalue weighted by Gasteiger charge is 2.18. The van der Waals surface area contributed by atoms with E-state index in [1.807, 2.05) is 19.2 Å². The predicted octanol–water partition coefficient (Wildman–Crippen LogP) is 3.30. The molecule has 74 valence electrons. The molecule has 0 saturated heterocycles. The highest BCUT2D eigenvalue weighted by Crippen LogP contribution is 2.30. The molecule has 0 bridgehead atoms. The highest BCUT2D eigenvalue weighted by atomic mass is 32.1. The molecule has 2 nitrogen and oxygen atoms in total. The van der Waals surface area contributed by atoms with Crippen LogP contribution in [-0.2, 0) is 5.41 Å².